The number of carbonyl (C=O) groups is 3. The summed E-state index contributed by atoms with van der Waals surface area (Å²) in [7, 11) is 0. The van der Waals surface area contributed by atoms with Crippen LogP contribution in [0.1, 0.15) is 80.6 Å². The highest BCUT2D eigenvalue weighted by atomic mass is 16.5. The standard InChI is InChI=1S/C35H48N4O6/c1-2-3-20-39-33(43)30(31(41)26-7-5-4-6-8-26)37-34(44)35(39)17-21-38(22-18-35)24-25-9-13-28(14-10-25)45-29-15-11-27(12-16-29)32(42)36-19-23-40/h9-16,26,30-31,40-41H,2-8,17-24H2,1H3,(H,36,42)(H,37,44)/t30-,31-/m1/s1. The zero-order valence-electron chi connectivity index (χ0n) is 26.4. The fourth-order valence-electron chi connectivity index (χ4n) is 7.04. The van der Waals surface area contributed by atoms with Crippen LogP contribution in [-0.2, 0) is 16.1 Å². The molecule has 0 unspecified atom stereocenters. The predicted octanol–water partition coefficient (Wildman–Crippen LogP) is 3.60. The molecule has 0 radical (unpaired) electrons. The van der Waals surface area contributed by atoms with Crippen molar-refractivity contribution >= 4 is 17.7 Å². The van der Waals surface area contributed by atoms with Crippen molar-refractivity contribution in [2.24, 2.45) is 5.92 Å². The molecular formula is C35H48N4O6. The second-order valence-corrected chi connectivity index (χ2v) is 12.7. The van der Waals surface area contributed by atoms with Crippen LogP contribution in [0, 0.1) is 5.92 Å². The molecule has 2 aromatic rings. The molecular weight excluding hydrogens is 572 g/mol. The topological polar surface area (TPSA) is 131 Å². The molecule has 2 aromatic carbocycles. The van der Waals surface area contributed by atoms with Gasteiger partial charge in [-0.25, -0.2) is 0 Å². The number of ether oxygens (including phenoxy) is 1. The number of piperidine rings is 1. The Morgan fingerprint density at radius 2 is 1.67 bits per heavy atom. The van der Waals surface area contributed by atoms with Gasteiger partial charge in [-0.3, -0.25) is 19.3 Å². The molecule has 3 fully saturated rings. The zero-order valence-corrected chi connectivity index (χ0v) is 26.4. The third-order valence-electron chi connectivity index (χ3n) is 9.73. The molecule has 1 spiro atoms. The highest BCUT2D eigenvalue weighted by Gasteiger charge is 2.55. The summed E-state index contributed by atoms with van der Waals surface area (Å²) in [6.07, 6.45) is 7.16. The van der Waals surface area contributed by atoms with Crippen LogP contribution in [0.4, 0.5) is 0 Å². The van der Waals surface area contributed by atoms with Crippen molar-refractivity contribution in [1.29, 1.82) is 0 Å². The molecule has 5 rings (SSSR count). The summed E-state index contributed by atoms with van der Waals surface area (Å²) in [6.45, 7) is 4.83. The molecule has 2 saturated heterocycles. The first kappa shape index (κ1) is 32.9. The van der Waals surface area contributed by atoms with Crippen molar-refractivity contribution in [2.45, 2.75) is 88.9 Å². The highest BCUT2D eigenvalue weighted by molar-refractivity contribution is 6.00. The van der Waals surface area contributed by atoms with Gasteiger partial charge in [0.2, 0.25) is 11.8 Å². The fourth-order valence-corrected chi connectivity index (χ4v) is 7.04. The number of amides is 3. The normalized spacial score (nSPS) is 21.4. The Labute approximate surface area is 266 Å². The Bertz CT molecular complexity index is 1290. The van der Waals surface area contributed by atoms with Gasteiger partial charge in [-0.1, -0.05) is 44.7 Å². The Balaban J connectivity index is 1.17. The summed E-state index contributed by atoms with van der Waals surface area (Å²) in [5, 5.41) is 25.7. The smallest absolute Gasteiger partial charge is 0.251 e. The quantitative estimate of drug-likeness (QED) is 0.285. The van der Waals surface area contributed by atoms with E-state index in [1.807, 2.05) is 29.2 Å². The van der Waals surface area contributed by atoms with Crippen molar-refractivity contribution in [3.8, 4) is 11.5 Å². The first-order valence-corrected chi connectivity index (χ1v) is 16.6. The van der Waals surface area contributed by atoms with Gasteiger partial charge in [-0.2, -0.15) is 0 Å². The number of nitrogens with one attached hydrogen (secondary N) is 2. The van der Waals surface area contributed by atoms with E-state index in [0.29, 0.717) is 49.5 Å². The zero-order chi connectivity index (χ0) is 31.8. The van der Waals surface area contributed by atoms with Gasteiger partial charge in [0.1, 0.15) is 23.1 Å². The van der Waals surface area contributed by atoms with Crippen LogP contribution >= 0.6 is 0 Å². The monoisotopic (exact) mass is 620 g/mol. The predicted molar refractivity (Wildman–Crippen MR) is 171 cm³/mol. The number of nitrogens with zero attached hydrogens (tertiary/aromatic N) is 2. The SMILES string of the molecule is CCCCN1C(=O)[C@@H]([C@H](O)C2CCCCC2)NC(=O)C12CCN(Cc1ccc(Oc3ccc(C(=O)NCCO)cc3)cc1)CC2. The van der Waals surface area contributed by atoms with E-state index in [9.17, 15) is 19.5 Å². The lowest BCUT2D eigenvalue weighted by molar-refractivity contribution is -0.166. The molecule has 2 heterocycles. The van der Waals surface area contributed by atoms with Crippen LogP contribution < -0.4 is 15.4 Å². The first-order chi connectivity index (χ1) is 21.8. The molecule has 3 aliphatic rings. The lowest BCUT2D eigenvalue weighted by Gasteiger charge is -2.52. The van der Waals surface area contributed by atoms with E-state index < -0.39 is 17.7 Å². The Morgan fingerprint density at radius 1 is 1.02 bits per heavy atom. The largest absolute Gasteiger partial charge is 0.457 e. The third-order valence-corrected chi connectivity index (χ3v) is 9.73. The van der Waals surface area contributed by atoms with Gasteiger partial charge in [-0.15, -0.1) is 0 Å². The van der Waals surface area contributed by atoms with E-state index in [1.54, 1.807) is 24.3 Å². The summed E-state index contributed by atoms with van der Waals surface area (Å²) in [5.41, 5.74) is 0.755. The molecule has 0 bridgehead atoms. The fraction of sp³-hybridized carbons (Fsp3) is 0.571. The van der Waals surface area contributed by atoms with E-state index in [-0.39, 0.29) is 36.8 Å². The molecule has 4 N–H and O–H groups in total. The molecule has 1 saturated carbocycles. The number of carbonyl (C=O) groups excluding carboxylic acids is 3. The van der Waals surface area contributed by atoms with Crippen molar-refractivity contribution in [1.82, 2.24) is 20.4 Å². The summed E-state index contributed by atoms with van der Waals surface area (Å²) in [6, 6.07) is 13.9. The summed E-state index contributed by atoms with van der Waals surface area (Å²) < 4.78 is 5.96. The van der Waals surface area contributed by atoms with Gasteiger partial charge in [0, 0.05) is 38.3 Å². The van der Waals surface area contributed by atoms with E-state index in [1.165, 1.54) is 6.42 Å². The van der Waals surface area contributed by atoms with Gasteiger partial charge in [-0.05, 0) is 80.0 Å². The number of likely N-dealkylation sites (tertiary alicyclic amines) is 1. The minimum Gasteiger partial charge on any atom is -0.457 e. The van der Waals surface area contributed by atoms with Gasteiger partial charge in [0.05, 0.1) is 12.7 Å². The van der Waals surface area contributed by atoms with Gasteiger partial charge >= 0.3 is 0 Å². The second kappa shape index (κ2) is 15.2. The number of rotatable bonds is 12. The average molecular weight is 621 g/mol. The van der Waals surface area contributed by atoms with Crippen LogP contribution in [0.3, 0.4) is 0 Å². The van der Waals surface area contributed by atoms with Crippen molar-refractivity contribution in [2.75, 3.05) is 32.8 Å². The Kier molecular flexibility index (Phi) is 11.1. The average Bonchev–Trinajstić information content (AvgIpc) is 3.07. The lowest BCUT2D eigenvalue weighted by Crippen LogP contribution is -2.75. The number of benzene rings is 2. The minimum absolute atomic E-state index is 0.0605. The highest BCUT2D eigenvalue weighted by Crippen LogP contribution is 2.36. The molecule has 3 amide bonds. The maximum atomic E-state index is 13.9. The molecule has 1 aliphatic carbocycles. The maximum Gasteiger partial charge on any atom is 0.251 e. The molecule has 0 aromatic heterocycles. The Morgan fingerprint density at radius 3 is 2.29 bits per heavy atom. The van der Waals surface area contributed by atoms with Gasteiger partial charge in [0.15, 0.2) is 0 Å². The van der Waals surface area contributed by atoms with Gasteiger partial charge < -0.3 is 30.5 Å². The molecule has 10 heteroatoms. The maximum absolute atomic E-state index is 13.9. The molecule has 10 nitrogen and oxygen atoms in total. The third kappa shape index (κ3) is 7.68. The van der Waals surface area contributed by atoms with Crippen LogP contribution in [0.25, 0.3) is 0 Å². The van der Waals surface area contributed by atoms with Crippen LogP contribution in [0.5, 0.6) is 11.5 Å². The van der Waals surface area contributed by atoms with Crippen LogP contribution in [0.2, 0.25) is 0 Å². The molecule has 2 atom stereocenters. The van der Waals surface area contributed by atoms with Crippen molar-refractivity contribution in [3.05, 3.63) is 59.7 Å². The molecule has 2 aliphatic heterocycles. The number of unbranched alkanes of at least 4 members (excludes halogenated alkanes) is 1. The number of aliphatic hydroxyl groups is 2. The Hall–Kier alpha value is -3.47. The van der Waals surface area contributed by atoms with Crippen LogP contribution in [0.15, 0.2) is 48.5 Å². The number of aliphatic hydroxyl groups excluding tert-OH is 2. The lowest BCUT2D eigenvalue weighted by atomic mass is 9.78. The number of hydrogen-bond acceptors (Lipinski definition) is 7. The second-order valence-electron chi connectivity index (χ2n) is 12.7. The summed E-state index contributed by atoms with van der Waals surface area (Å²) in [4.78, 5) is 43.8. The van der Waals surface area contributed by atoms with Crippen molar-refractivity contribution in [3.63, 3.8) is 0 Å². The number of piperazine rings is 1. The van der Waals surface area contributed by atoms with E-state index >= 15 is 0 Å². The van der Waals surface area contributed by atoms with Crippen LogP contribution in [-0.4, -0.2) is 88.2 Å². The van der Waals surface area contributed by atoms with E-state index in [2.05, 4.69) is 22.5 Å². The number of hydrogen-bond donors (Lipinski definition) is 4. The molecule has 45 heavy (non-hydrogen) atoms. The minimum atomic E-state index is -0.863. The summed E-state index contributed by atoms with van der Waals surface area (Å²) in [5.74, 6) is 0.880. The summed E-state index contributed by atoms with van der Waals surface area (Å²) >= 11 is 0. The van der Waals surface area contributed by atoms with Crippen molar-refractivity contribution < 1.29 is 29.3 Å². The first-order valence-electron chi connectivity index (χ1n) is 16.6. The van der Waals surface area contributed by atoms with Gasteiger partial charge in [0.25, 0.3) is 5.91 Å². The molecule has 244 valence electrons. The van der Waals surface area contributed by atoms with E-state index in [4.69, 9.17) is 9.84 Å². The van der Waals surface area contributed by atoms with E-state index in [0.717, 1.165) is 50.6 Å².